The maximum absolute atomic E-state index is 12.7. The van der Waals surface area contributed by atoms with E-state index < -0.39 is 0 Å². The average molecular weight is 345 g/mol. The minimum Gasteiger partial charge on any atom is -0.475 e. The van der Waals surface area contributed by atoms with Crippen LogP contribution in [0.4, 0.5) is 5.69 Å². The largest absolute Gasteiger partial charge is 0.475 e. The van der Waals surface area contributed by atoms with E-state index in [0.29, 0.717) is 23.9 Å². The first-order valence-electron chi connectivity index (χ1n) is 8.71. The molecule has 4 rings (SSSR count). The van der Waals surface area contributed by atoms with Crippen molar-refractivity contribution in [2.24, 2.45) is 4.99 Å². The smallest absolute Gasteiger partial charge is 0.274 e. The SMILES string of the molecule is CC[C@H]1COC(c2ccccc2NC(=O)c2ccc3ccccc3n2)=N1. The van der Waals surface area contributed by atoms with Crippen LogP contribution in [0.2, 0.25) is 0 Å². The molecular formula is C21H19N3O2. The van der Waals surface area contributed by atoms with Gasteiger partial charge < -0.3 is 10.1 Å². The molecule has 0 bridgehead atoms. The molecule has 1 atom stereocenters. The Labute approximate surface area is 151 Å². The molecule has 5 heteroatoms. The highest BCUT2D eigenvalue weighted by Crippen LogP contribution is 2.22. The van der Waals surface area contributed by atoms with Crippen LogP contribution in [0.25, 0.3) is 10.9 Å². The highest BCUT2D eigenvalue weighted by Gasteiger charge is 2.21. The lowest BCUT2D eigenvalue weighted by atomic mass is 10.1. The lowest BCUT2D eigenvalue weighted by Crippen LogP contribution is -2.16. The topological polar surface area (TPSA) is 63.6 Å². The summed E-state index contributed by atoms with van der Waals surface area (Å²) in [4.78, 5) is 21.7. The van der Waals surface area contributed by atoms with E-state index in [0.717, 1.165) is 22.9 Å². The predicted octanol–water partition coefficient (Wildman–Crippen LogP) is 4.04. The lowest BCUT2D eigenvalue weighted by Gasteiger charge is -2.10. The fourth-order valence-electron chi connectivity index (χ4n) is 2.93. The first kappa shape index (κ1) is 16.3. The molecule has 0 fully saturated rings. The molecular weight excluding hydrogens is 326 g/mol. The molecule has 26 heavy (non-hydrogen) atoms. The van der Waals surface area contributed by atoms with Crippen LogP contribution in [0.15, 0.2) is 65.7 Å². The molecule has 1 aliphatic heterocycles. The normalized spacial score (nSPS) is 16.2. The number of aromatic nitrogens is 1. The Hall–Kier alpha value is -3.21. The summed E-state index contributed by atoms with van der Waals surface area (Å²) in [5.41, 5.74) is 2.63. The Balaban J connectivity index is 1.61. The van der Waals surface area contributed by atoms with E-state index in [1.54, 1.807) is 6.07 Å². The molecule has 0 spiro atoms. The Morgan fingerprint density at radius 3 is 2.77 bits per heavy atom. The third kappa shape index (κ3) is 3.16. The maximum atomic E-state index is 12.7. The van der Waals surface area contributed by atoms with Gasteiger partial charge in [0.2, 0.25) is 5.90 Å². The van der Waals surface area contributed by atoms with Gasteiger partial charge in [-0.15, -0.1) is 0 Å². The number of ether oxygens (including phenoxy) is 1. The molecule has 5 nitrogen and oxygen atoms in total. The number of amides is 1. The van der Waals surface area contributed by atoms with E-state index in [9.17, 15) is 4.79 Å². The van der Waals surface area contributed by atoms with Crippen LogP contribution < -0.4 is 5.32 Å². The standard InChI is InChI=1S/C21H19N3O2/c1-2-15-13-26-21(22-15)16-8-4-6-10-18(16)24-20(25)19-12-11-14-7-3-5-9-17(14)23-19/h3-12,15H,2,13H2,1H3,(H,24,25)/t15-/m0/s1. The molecule has 1 amide bonds. The van der Waals surface area contributed by atoms with E-state index in [2.05, 4.69) is 22.2 Å². The van der Waals surface area contributed by atoms with Crippen molar-refractivity contribution < 1.29 is 9.53 Å². The van der Waals surface area contributed by atoms with Crippen LogP contribution in [-0.4, -0.2) is 29.4 Å². The number of benzene rings is 2. The van der Waals surface area contributed by atoms with Crippen molar-refractivity contribution in [3.8, 4) is 0 Å². The predicted molar refractivity (Wildman–Crippen MR) is 103 cm³/mol. The second-order valence-electron chi connectivity index (χ2n) is 6.20. The van der Waals surface area contributed by atoms with Gasteiger partial charge in [-0.2, -0.15) is 0 Å². The molecule has 0 radical (unpaired) electrons. The molecule has 0 saturated heterocycles. The first-order valence-corrected chi connectivity index (χ1v) is 8.71. The van der Waals surface area contributed by atoms with Gasteiger partial charge in [0.15, 0.2) is 0 Å². The van der Waals surface area contributed by atoms with Gasteiger partial charge in [0, 0.05) is 5.39 Å². The number of pyridine rings is 1. The van der Waals surface area contributed by atoms with Gasteiger partial charge in [0.25, 0.3) is 5.91 Å². The zero-order valence-corrected chi connectivity index (χ0v) is 14.5. The van der Waals surface area contributed by atoms with Gasteiger partial charge in [-0.1, -0.05) is 43.3 Å². The zero-order valence-electron chi connectivity index (χ0n) is 14.5. The molecule has 2 aromatic carbocycles. The van der Waals surface area contributed by atoms with Crippen LogP contribution in [0.3, 0.4) is 0 Å². The van der Waals surface area contributed by atoms with Gasteiger partial charge in [0.1, 0.15) is 12.3 Å². The molecule has 130 valence electrons. The monoisotopic (exact) mass is 345 g/mol. The molecule has 0 saturated carbocycles. The lowest BCUT2D eigenvalue weighted by molar-refractivity contribution is 0.102. The summed E-state index contributed by atoms with van der Waals surface area (Å²) >= 11 is 0. The molecule has 1 N–H and O–H groups in total. The number of hydrogen-bond acceptors (Lipinski definition) is 4. The minimum atomic E-state index is -0.256. The van der Waals surface area contributed by atoms with Crippen LogP contribution in [-0.2, 0) is 4.74 Å². The highest BCUT2D eigenvalue weighted by molar-refractivity contribution is 6.09. The van der Waals surface area contributed by atoms with Crippen molar-refractivity contribution in [2.45, 2.75) is 19.4 Å². The van der Waals surface area contributed by atoms with Crippen molar-refractivity contribution >= 4 is 28.4 Å². The average Bonchev–Trinajstić information content (AvgIpc) is 3.17. The zero-order chi connectivity index (χ0) is 17.9. The molecule has 1 aromatic heterocycles. The molecule has 2 heterocycles. The fraction of sp³-hybridized carbons (Fsp3) is 0.190. The quantitative estimate of drug-likeness (QED) is 0.776. The Kier molecular flexibility index (Phi) is 4.35. The minimum absolute atomic E-state index is 0.177. The summed E-state index contributed by atoms with van der Waals surface area (Å²) in [6, 6.07) is 19.1. The number of anilines is 1. The number of carbonyl (C=O) groups is 1. The molecule has 0 aliphatic carbocycles. The van der Waals surface area contributed by atoms with Crippen LogP contribution in [0.5, 0.6) is 0 Å². The molecule has 1 aliphatic rings. The van der Waals surface area contributed by atoms with Crippen LogP contribution >= 0.6 is 0 Å². The Morgan fingerprint density at radius 1 is 1.12 bits per heavy atom. The van der Waals surface area contributed by atoms with Crippen molar-refractivity contribution in [2.75, 3.05) is 11.9 Å². The maximum Gasteiger partial charge on any atom is 0.274 e. The van der Waals surface area contributed by atoms with E-state index in [1.165, 1.54) is 0 Å². The summed E-state index contributed by atoms with van der Waals surface area (Å²) in [7, 11) is 0. The van der Waals surface area contributed by atoms with E-state index in [4.69, 9.17) is 4.74 Å². The number of nitrogens with one attached hydrogen (secondary N) is 1. The third-order valence-electron chi connectivity index (χ3n) is 4.42. The molecule has 3 aromatic rings. The Bertz CT molecular complexity index is 997. The number of hydrogen-bond donors (Lipinski definition) is 1. The van der Waals surface area contributed by atoms with Crippen molar-refractivity contribution in [3.05, 3.63) is 71.9 Å². The highest BCUT2D eigenvalue weighted by atomic mass is 16.5. The third-order valence-corrected chi connectivity index (χ3v) is 4.42. The van der Waals surface area contributed by atoms with Crippen molar-refractivity contribution in [1.29, 1.82) is 0 Å². The second-order valence-corrected chi connectivity index (χ2v) is 6.20. The summed E-state index contributed by atoms with van der Waals surface area (Å²) in [6.07, 6.45) is 0.930. The van der Waals surface area contributed by atoms with E-state index in [1.807, 2.05) is 54.6 Å². The van der Waals surface area contributed by atoms with Gasteiger partial charge >= 0.3 is 0 Å². The second kappa shape index (κ2) is 6.96. The number of carbonyl (C=O) groups excluding carboxylic acids is 1. The fourth-order valence-corrected chi connectivity index (χ4v) is 2.93. The van der Waals surface area contributed by atoms with Gasteiger partial charge in [-0.25, -0.2) is 9.98 Å². The van der Waals surface area contributed by atoms with E-state index >= 15 is 0 Å². The Morgan fingerprint density at radius 2 is 1.92 bits per heavy atom. The van der Waals surface area contributed by atoms with Crippen LogP contribution in [0, 0.1) is 0 Å². The van der Waals surface area contributed by atoms with Crippen molar-refractivity contribution in [3.63, 3.8) is 0 Å². The van der Waals surface area contributed by atoms with Gasteiger partial charge in [0.05, 0.1) is 22.8 Å². The van der Waals surface area contributed by atoms with E-state index in [-0.39, 0.29) is 11.9 Å². The first-order chi connectivity index (χ1) is 12.7. The van der Waals surface area contributed by atoms with Crippen LogP contribution in [0.1, 0.15) is 29.4 Å². The van der Waals surface area contributed by atoms with Crippen molar-refractivity contribution in [1.82, 2.24) is 4.98 Å². The number of para-hydroxylation sites is 2. The number of fused-ring (bicyclic) bond motifs is 1. The summed E-state index contributed by atoms with van der Waals surface area (Å²) in [5, 5.41) is 3.94. The summed E-state index contributed by atoms with van der Waals surface area (Å²) in [5.74, 6) is 0.327. The number of nitrogens with zero attached hydrogens (tertiary/aromatic N) is 2. The summed E-state index contributed by atoms with van der Waals surface area (Å²) in [6.45, 7) is 2.67. The molecule has 0 unspecified atom stereocenters. The van der Waals surface area contributed by atoms with Gasteiger partial charge in [-0.05, 0) is 30.7 Å². The number of rotatable bonds is 4. The summed E-state index contributed by atoms with van der Waals surface area (Å²) < 4.78 is 5.71. The van der Waals surface area contributed by atoms with Gasteiger partial charge in [-0.3, -0.25) is 4.79 Å². The number of aliphatic imine (C=N–C) groups is 1.